The Morgan fingerprint density at radius 3 is 2.83 bits per heavy atom. The molecule has 1 fully saturated rings. The van der Waals surface area contributed by atoms with Crippen molar-refractivity contribution in [3.63, 3.8) is 0 Å². The summed E-state index contributed by atoms with van der Waals surface area (Å²) in [5.74, 6) is 1.35. The SMILES string of the molecule is CCCC(=O)Nc1ccc2c(c1)nc(CCNC(=O)C1CC1)n2C. The van der Waals surface area contributed by atoms with Crippen molar-refractivity contribution in [2.24, 2.45) is 13.0 Å². The van der Waals surface area contributed by atoms with Crippen LogP contribution in [0.25, 0.3) is 11.0 Å². The second kappa shape index (κ2) is 7.03. The van der Waals surface area contributed by atoms with E-state index in [1.165, 1.54) is 0 Å². The molecule has 0 unspecified atom stereocenters. The van der Waals surface area contributed by atoms with Gasteiger partial charge in [-0.3, -0.25) is 9.59 Å². The minimum atomic E-state index is 0.0239. The maximum absolute atomic E-state index is 11.7. The van der Waals surface area contributed by atoms with Gasteiger partial charge in [-0.15, -0.1) is 0 Å². The van der Waals surface area contributed by atoms with Crippen LogP contribution in [0.1, 0.15) is 38.4 Å². The van der Waals surface area contributed by atoms with Gasteiger partial charge in [0.1, 0.15) is 5.82 Å². The van der Waals surface area contributed by atoms with Gasteiger partial charge in [0.2, 0.25) is 11.8 Å². The molecule has 2 aromatic rings. The van der Waals surface area contributed by atoms with Crippen LogP contribution in [0.4, 0.5) is 5.69 Å². The molecular formula is C18H24N4O2. The van der Waals surface area contributed by atoms with Crippen molar-refractivity contribution in [1.82, 2.24) is 14.9 Å². The van der Waals surface area contributed by atoms with Crippen LogP contribution in [0.15, 0.2) is 18.2 Å². The molecule has 128 valence electrons. The van der Waals surface area contributed by atoms with Gasteiger partial charge >= 0.3 is 0 Å². The first-order valence-electron chi connectivity index (χ1n) is 8.61. The molecule has 3 rings (SSSR count). The molecule has 1 aliphatic rings. The van der Waals surface area contributed by atoms with Crippen LogP contribution in [-0.4, -0.2) is 27.9 Å². The second-order valence-corrected chi connectivity index (χ2v) is 6.40. The number of fused-ring (bicyclic) bond motifs is 1. The number of aryl methyl sites for hydroxylation is 1. The number of hydrogen-bond donors (Lipinski definition) is 2. The number of aromatic nitrogens is 2. The smallest absolute Gasteiger partial charge is 0.224 e. The summed E-state index contributed by atoms with van der Waals surface area (Å²) in [4.78, 5) is 28.0. The van der Waals surface area contributed by atoms with E-state index < -0.39 is 0 Å². The molecule has 24 heavy (non-hydrogen) atoms. The second-order valence-electron chi connectivity index (χ2n) is 6.40. The lowest BCUT2D eigenvalue weighted by atomic mass is 10.2. The van der Waals surface area contributed by atoms with E-state index in [1.807, 2.05) is 36.7 Å². The molecule has 2 N–H and O–H groups in total. The largest absolute Gasteiger partial charge is 0.355 e. The molecule has 0 bridgehead atoms. The summed E-state index contributed by atoms with van der Waals surface area (Å²) in [7, 11) is 1.97. The average Bonchev–Trinajstić information content (AvgIpc) is 3.34. The number of anilines is 1. The average molecular weight is 328 g/mol. The minimum Gasteiger partial charge on any atom is -0.355 e. The molecule has 1 aromatic carbocycles. The zero-order valence-electron chi connectivity index (χ0n) is 14.3. The summed E-state index contributed by atoms with van der Waals surface area (Å²) < 4.78 is 2.04. The first-order valence-corrected chi connectivity index (χ1v) is 8.61. The molecule has 6 heteroatoms. The van der Waals surface area contributed by atoms with E-state index in [-0.39, 0.29) is 17.7 Å². The number of amides is 2. The summed E-state index contributed by atoms with van der Waals surface area (Å²) >= 11 is 0. The van der Waals surface area contributed by atoms with Crippen LogP contribution in [-0.2, 0) is 23.1 Å². The Balaban J connectivity index is 1.66. The fourth-order valence-corrected chi connectivity index (χ4v) is 2.79. The van der Waals surface area contributed by atoms with Gasteiger partial charge in [0.15, 0.2) is 0 Å². The molecule has 2 amide bonds. The molecule has 1 aromatic heterocycles. The van der Waals surface area contributed by atoms with Gasteiger partial charge in [-0.1, -0.05) is 6.92 Å². The number of imidazole rings is 1. The highest BCUT2D eigenvalue weighted by atomic mass is 16.2. The standard InChI is InChI=1S/C18H24N4O2/c1-3-4-17(23)20-13-7-8-15-14(11-13)21-16(22(15)2)9-10-19-18(24)12-5-6-12/h7-8,11-12H,3-6,9-10H2,1-2H3,(H,19,24)(H,20,23). The van der Waals surface area contributed by atoms with Gasteiger partial charge in [0, 0.05) is 38.0 Å². The molecule has 0 spiro atoms. The normalized spacial score (nSPS) is 13.9. The fraction of sp³-hybridized carbons (Fsp3) is 0.500. The molecule has 0 radical (unpaired) electrons. The summed E-state index contributed by atoms with van der Waals surface area (Å²) in [5, 5.41) is 5.86. The van der Waals surface area contributed by atoms with Crippen molar-refractivity contribution < 1.29 is 9.59 Å². The Kier molecular flexibility index (Phi) is 4.83. The van der Waals surface area contributed by atoms with Crippen LogP contribution in [0.3, 0.4) is 0 Å². The number of carbonyl (C=O) groups excluding carboxylic acids is 2. The highest BCUT2D eigenvalue weighted by molar-refractivity contribution is 5.93. The van der Waals surface area contributed by atoms with Crippen molar-refractivity contribution in [1.29, 1.82) is 0 Å². The van der Waals surface area contributed by atoms with E-state index in [4.69, 9.17) is 0 Å². The van der Waals surface area contributed by atoms with Gasteiger partial charge in [-0.2, -0.15) is 0 Å². The lowest BCUT2D eigenvalue weighted by molar-refractivity contribution is -0.122. The van der Waals surface area contributed by atoms with Gasteiger partial charge in [-0.25, -0.2) is 4.98 Å². The van der Waals surface area contributed by atoms with Crippen LogP contribution < -0.4 is 10.6 Å². The Labute approximate surface area is 141 Å². The topological polar surface area (TPSA) is 76.0 Å². The van der Waals surface area contributed by atoms with Gasteiger partial charge in [0.25, 0.3) is 0 Å². The summed E-state index contributed by atoms with van der Waals surface area (Å²) in [6.07, 6.45) is 4.08. The maximum atomic E-state index is 11.7. The predicted octanol–water partition coefficient (Wildman–Crippen LogP) is 2.38. The van der Waals surface area contributed by atoms with Crippen LogP contribution in [0, 0.1) is 5.92 Å². The third-order valence-electron chi connectivity index (χ3n) is 4.33. The third kappa shape index (κ3) is 3.75. The van der Waals surface area contributed by atoms with Gasteiger partial charge in [0.05, 0.1) is 11.0 Å². The summed E-state index contributed by atoms with van der Waals surface area (Å²) in [6.45, 7) is 2.59. The third-order valence-corrected chi connectivity index (χ3v) is 4.33. The predicted molar refractivity (Wildman–Crippen MR) is 93.7 cm³/mol. The fourth-order valence-electron chi connectivity index (χ4n) is 2.79. The molecule has 1 aliphatic carbocycles. The van der Waals surface area contributed by atoms with E-state index in [0.717, 1.165) is 41.8 Å². The van der Waals surface area contributed by atoms with E-state index >= 15 is 0 Å². The molecular weight excluding hydrogens is 304 g/mol. The lowest BCUT2D eigenvalue weighted by Crippen LogP contribution is -2.27. The monoisotopic (exact) mass is 328 g/mol. The number of benzene rings is 1. The first kappa shape index (κ1) is 16.5. The van der Waals surface area contributed by atoms with E-state index in [9.17, 15) is 9.59 Å². The first-order chi connectivity index (χ1) is 11.6. The number of nitrogens with one attached hydrogen (secondary N) is 2. The van der Waals surface area contributed by atoms with Crippen LogP contribution in [0.2, 0.25) is 0 Å². The van der Waals surface area contributed by atoms with E-state index in [0.29, 0.717) is 19.4 Å². The van der Waals surface area contributed by atoms with Crippen LogP contribution in [0.5, 0.6) is 0 Å². The zero-order valence-corrected chi connectivity index (χ0v) is 14.3. The quantitative estimate of drug-likeness (QED) is 0.819. The van der Waals surface area contributed by atoms with Gasteiger partial charge in [-0.05, 0) is 37.5 Å². The van der Waals surface area contributed by atoms with Crippen molar-refractivity contribution >= 4 is 28.5 Å². The number of nitrogens with zero attached hydrogens (tertiary/aromatic N) is 2. The molecule has 0 aliphatic heterocycles. The molecule has 6 nitrogen and oxygen atoms in total. The molecule has 1 saturated carbocycles. The number of carbonyl (C=O) groups is 2. The van der Waals surface area contributed by atoms with E-state index in [1.54, 1.807) is 0 Å². The minimum absolute atomic E-state index is 0.0239. The lowest BCUT2D eigenvalue weighted by Gasteiger charge is -2.05. The summed E-state index contributed by atoms with van der Waals surface area (Å²) in [6, 6.07) is 5.77. The number of hydrogen-bond acceptors (Lipinski definition) is 3. The molecule has 0 atom stereocenters. The summed E-state index contributed by atoms with van der Waals surface area (Å²) in [5.41, 5.74) is 2.65. The van der Waals surface area contributed by atoms with Gasteiger partial charge < -0.3 is 15.2 Å². The Hall–Kier alpha value is -2.37. The molecule has 0 saturated heterocycles. The molecule has 1 heterocycles. The van der Waals surface area contributed by atoms with Crippen molar-refractivity contribution in [2.45, 2.75) is 39.0 Å². The zero-order chi connectivity index (χ0) is 17.1. The highest BCUT2D eigenvalue weighted by Crippen LogP contribution is 2.28. The Bertz CT molecular complexity index is 762. The number of rotatable bonds is 7. The van der Waals surface area contributed by atoms with E-state index in [2.05, 4.69) is 15.6 Å². The Morgan fingerprint density at radius 1 is 1.33 bits per heavy atom. The maximum Gasteiger partial charge on any atom is 0.224 e. The van der Waals surface area contributed by atoms with Crippen molar-refractivity contribution in [3.05, 3.63) is 24.0 Å². The van der Waals surface area contributed by atoms with Crippen molar-refractivity contribution in [2.75, 3.05) is 11.9 Å². The Morgan fingerprint density at radius 2 is 2.12 bits per heavy atom. The van der Waals surface area contributed by atoms with Crippen LogP contribution >= 0.6 is 0 Å². The highest BCUT2D eigenvalue weighted by Gasteiger charge is 2.29. The van der Waals surface area contributed by atoms with Crippen molar-refractivity contribution in [3.8, 4) is 0 Å².